The van der Waals surface area contributed by atoms with Crippen LogP contribution in [0.15, 0.2) is 71.9 Å². The molecule has 0 aliphatic rings. The molecule has 0 saturated carbocycles. The van der Waals surface area contributed by atoms with E-state index in [2.05, 4.69) is 22.2 Å². The second-order valence-electron chi connectivity index (χ2n) is 9.14. The van der Waals surface area contributed by atoms with Crippen LogP contribution in [0.2, 0.25) is 0 Å². The molecule has 1 atom stereocenters. The number of amides is 1. The highest BCUT2D eigenvalue weighted by Crippen LogP contribution is 2.24. The molecule has 2 rings (SSSR count). The van der Waals surface area contributed by atoms with E-state index >= 15 is 0 Å². The fourth-order valence-corrected chi connectivity index (χ4v) is 3.75. The summed E-state index contributed by atoms with van der Waals surface area (Å²) < 4.78 is 14.9. The Kier molecular flexibility index (Phi) is 14.5. The van der Waals surface area contributed by atoms with Crippen LogP contribution in [0.4, 0.5) is 10.1 Å². The summed E-state index contributed by atoms with van der Waals surface area (Å²) in [6.07, 6.45) is 10.7. The van der Waals surface area contributed by atoms with Gasteiger partial charge in [0, 0.05) is 29.1 Å². The fraction of sp³-hybridized carbons (Fsp3) is 0.353. The van der Waals surface area contributed by atoms with Gasteiger partial charge in [0.2, 0.25) is 0 Å². The number of hydrogen-bond acceptors (Lipinski definition) is 2. The van der Waals surface area contributed by atoms with Gasteiger partial charge < -0.3 is 10.6 Å². The number of hydrogen-bond donors (Lipinski definition) is 2. The topological polar surface area (TPSA) is 53.5 Å². The number of rotatable bonds is 10. The molecular weight excluding hydrogens is 485 g/mol. The molecule has 2 N–H and O–H groups in total. The number of carbonyl (C=O) groups excluding carboxylic acids is 1. The summed E-state index contributed by atoms with van der Waals surface area (Å²) in [4.78, 5) is 17.3. The molecule has 0 saturated heterocycles. The summed E-state index contributed by atoms with van der Waals surface area (Å²) in [5.41, 5.74) is 6.13. The monoisotopic (exact) mass is 531 g/mol. The maximum Gasteiger partial charge on any atom is 0.251 e. The highest BCUT2D eigenvalue weighted by molar-refractivity contribution is 6.08. The molecule has 0 heterocycles. The van der Waals surface area contributed by atoms with Crippen molar-refractivity contribution in [2.45, 2.75) is 81.2 Å². The molecule has 39 heavy (non-hydrogen) atoms. The van der Waals surface area contributed by atoms with Crippen molar-refractivity contribution in [2.24, 2.45) is 4.99 Å². The van der Waals surface area contributed by atoms with Gasteiger partial charge in [-0.25, -0.2) is 9.38 Å². The molecule has 0 spiro atoms. The second kappa shape index (κ2) is 17.0. The summed E-state index contributed by atoms with van der Waals surface area (Å²) in [5, 5.41) is 6.43. The van der Waals surface area contributed by atoms with Gasteiger partial charge in [-0.1, -0.05) is 70.7 Å². The predicted octanol–water partition coefficient (Wildman–Crippen LogP) is 9.29. The van der Waals surface area contributed by atoms with E-state index in [4.69, 9.17) is 0 Å². The number of allylic oxidation sites excluding steroid dienone is 4. The lowest BCUT2D eigenvalue weighted by atomic mass is 9.99. The Morgan fingerprint density at radius 2 is 1.77 bits per heavy atom. The summed E-state index contributed by atoms with van der Waals surface area (Å²) in [7, 11) is 0. The number of aryl methyl sites for hydroxylation is 1. The first-order valence-corrected chi connectivity index (χ1v) is 13.8. The summed E-state index contributed by atoms with van der Waals surface area (Å²) in [5.74, 6) is 0.378. The first-order chi connectivity index (χ1) is 18.7. The molecule has 210 valence electrons. The molecule has 0 bridgehead atoms. The summed E-state index contributed by atoms with van der Waals surface area (Å²) >= 11 is 0. The zero-order valence-electron chi connectivity index (χ0n) is 25.2. The number of amidine groups is 1. The third-order valence-electron chi connectivity index (χ3n) is 6.37. The largest absolute Gasteiger partial charge is 0.350 e. The Bertz CT molecular complexity index is 1250. The van der Waals surface area contributed by atoms with Crippen LogP contribution in [0.3, 0.4) is 0 Å². The van der Waals surface area contributed by atoms with Crippen molar-refractivity contribution in [1.29, 1.82) is 0 Å². The van der Waals surface area contributed by atoms with Crippen molar-refractivity contribution in [3.05, 3.63) is 101 Å². The van der Waals surface area contributed by atoms with Crippen molar-refractivity contribution in [2.75, 3.05) is 5.32 Å². The number of anilines is 1. The molecule has 0 aliphatic heterocycles. The van der Waals surface area contributed by atoms with Crippen LogP contribution in [0.1, 0.15) is 94.4 Å². The van der Waals surface area contributed by atoms with Gasteiger partial charge in [-0.05, 0) is 93.5 Å². The van der Waals surface area contributed by atoms with E-state index in [0.29, 0.717) is 22.5 Å². The van der Waals surface area contributed by atoms with Crippen LogP contribution in [0.5, 0.6) is 0 Å². The first kappa shape index (κ1) is 33.3. The molecule has 1 unspecified atom stereocenters. The van der Waals surface area contributed by atoms with Gasteiger partial charge in [0.1, 0.15) is 11.7 Å². The molecule has 0 fully saturated rings. The Morgan fingerprint density at radius 3 is 2.36 bits per heavy atom. The fourth-order valence-electron chi connectivity index (χ4n) is 3.75. The first-order valence-electron chi connectivity index (χ1n) is 13.8. The average Bonchev–Trinajstić information content (AvgIpc) is 2.95. The zero-order chi connectivity index (χ0) is 29.5. The average molecular weight is 532 g/mol. The van der Waals surface area contributed by atoms with Crippen LogP contribution in [-0.4, -0.2) is 17.8 Å². The highest BCUT2D eigenvalue weighted by atomic mass is 19.1. The molecule has 2 aromatic rings. The van der Waals surface area contributed by atoms with Crippen LogP contribution in [-0.2, 0) is 6.42 Å². The molecule has 0 aromatic heterocycles. The van der Waals surface area contributed by atoms with Gasteiger partial charge in [0.05, 0.1) is 0 Å². The maximum absolute atomic E-state index is 14.9. The normalized spacial score (nSPS) is 13.0. The van der Waals surface area contributed by atoms with Crippen LogP contribution >= 0.6 is 0 Å². The molecular formula is C34H46FN3O. The number of carbonyl (C=O) groups is 1. The molecule has 5 heteroatoms. The van der Waals surface area contributed by atoms with E-state index < -0.39 is 0 Å². The Balaban J connectivity index is 0.00000371. The Morgan fingerprint density at radius 1 is 1.10 bits per heavy atom. The molecule has 0 aliphatic carbocycles. The third kappa shape index (κ3) is 9.51. The number of aliphatic imine (C=N–C) groups is 1. The van der Waals surface area contributed by atoms with E-state index in [1.807, 2.05) is 97.9 Å². The van der Waals surface area contributed by atoms with E-state index in [-0.39, 0.29) is 17.8 Å². The zero-order valence-corrected chi connectivity index (χ0v) is 25.2. The van der Waals surface area contributed by atoms with Crippen molar-refractivity contribution in [3.63, 3.8) is 0 Å². The van der Waals surface area contributed by atoms with Crippen molar-refractivity contribution >= 4 is 29.1 Å². The number of nitrogens with zero attached hydrogens (tertiary/aromatic N) is 1. The quantitative estimate of drug-likeness (QED) is 0.182. The number of nitrogens with one attached hydrogen (secondary N) is 2. The van der Waals surface area contributed by atoms with Crippen LogP contribution < -0.4 is 10.6 Å². The Labute approximate surface area is 235 Å². The van der Waals surface area contributed by atoms with E-state index in [9.17, 15) is 9.18 Å². The summed E-state index contributed by atoms with van der Waals surface area (Å²) in [6, 6.07) is 9.53. The standard InChI is InChI=1S/C32H40FN3O.C2H6/c1-9-19-34-31(22(6)14-13-21(5)28-17-15-25(11-3)24(8)30(28)33)36-27-16-18-29(26(12-4)20-27)32(37)35-23(7)10-2;1-2/h9,11,13-20,23H,3,10,12H2,1-2,4-8H3,(H,34,36)(H,35,37);1-2H3/b19-9-,21-13+,22-14+;. The minimum absolute atomic E-state index is 0.0548. The van der Waals surface area contributed by atoms with Gasteiger partial charge in [-0.15, -0.1) is 0 Å². The number of benzene rings is 2. The van der Waals surface area contributed by atoms with Gasteiger partial charge in [-0.3, -0.25) is 4.79 Å². The molecule has 2 aromatic carbocycles. The minimum atomic E-state index is -0.234. The van der Waals surface area contributed by atoms with Gasteiger partial charge in [0.25, 0.3) is 5.91 Å². The van der Waals surface area contributed by atoms with Crippen LogP contribution in [0, 0.1) is 12.7 Å². The smallest absolute Gasteiger partial charge is 0.251 e. The van der Waals surface area contributed by atoms with E-state index in [1.54, 1.807) is 25.3 Å². The van der Waals surface area contributed by atoms with Gasteiger partial charge >= 0.3 is 0 Å². The van der Waals surface area contributed by atoms with Gasteiger partial charge in [0.15, 0.2) is 0 Å². The summed E-state index contributed by atoms with van der Waals surface area (Å²) in [6.45, 7) is 21.3. The van der Waals surface area contributed by atoms with Crippen molar-refractivity contribution in [3.8, 4) is 0 Å². The lowest BCUT2D eigenvalue weighted by Gasteiger charge is -2.16. The lowest BCUT2D eigenvalue weighted by Crippen LogP contribution is -2.32. The third-order valence-corrected chi connectivity index (χ3v) is 6.37. The second-order valence-corrected chi connectivity index (χ2v) is 9.14. The maximum atomic E-state index is 14.9. The SMILES string of the molecule is C=Cc1ccc(/C(C)=C/C=C(C)/C(=N\C=C/C)Nc2ccc(C(=O)NC(C)CC)c(CC)c2)c(F)c1C.CC. The van der Waals surface area contributed by atoms with Crippen LogP contribution in [0.25, 0.3) is 11.6 Å². The lowest BCUT2D eigenvalue weighted by molar-refractivity contribution is 0.0938. The van der Waals surface area contributed by atoms with Crippen molar-refractivity contribution < 1.29 is 9.18 Å². The Hall–Kier alpha value is -3.73. The molecule has 4 nitrogen and oxygen atoms in total. The molecule has 1 amide bonds. The minimum Gasteiger partial charge on any atom is -0.350 e. The van der Waals surface area contributed by atoms with Crippen molar-refractivity contribution in [1.82, 2.24) is 5.32 Å². The van der Waals surface area contributed by atoms with Gasteiger partial charge in [-0.2, -0.15) is 0 Å². The van der Waals surface area contributed by atoms with E-state index in [0.717, 1.165) is 40.8 Å². The number of halogens is 1. The van der Waals surface area contributed by atoms with E-state index in [1.165, 1.54) is 0 Å². The molecule has 0 radical (unpaired) electrons. The highest BCUT2D eigenvalue weighted by Gasteiger charge is 2.14. The predicted molar refractivity (Wildman–Crippen MR) is 169 cm³/mol.